The van der Waals surface area contributed by atoms with Crippen LogP contribution in [0, 0.1) is 45.3 Å². The van der Waals surface area contributed by atoms with E-state index in [1.807, 2.05) is 72.8 Å². The SMILES string of the molecule is CCCCCCCCCCCc1c(/C=C2\C(=O)c3cc(Cl)c(Cl)cc3C2=C(C#N)C#N)sc2c1sc1c3c4nsnc4c4c5sc6c(CCCCCCCCCCC)c(/C=C7\C(=O)c8cc(Cl)c(Cl)cc8C7=C(C#N)C#N)sc6c5n(CCCCCCOc5ccccc5)c4c3n(CCCCCCOc3ccccc3)c21. The van der Waals surface area contributed by atoms with Crippen LogP contribution in [0.2, 0.25) is 20.1 Å². The summed E-state index contributed by atoms with van der Waals surface area (Å²) in [5.74, 6) is 1.09. The minimum absolute atomic E-state index is 0.171. The van der Waals surface area contributed by atoms with E-state index in [1.54, 1.807) is 69.6 Å². The van der Waals surface area contributed by atoms with Crippen LogP contribution < -0.4 is 9.47 Å². The van der Waals surface area contributed by atoms with Crippen molar-refractivity contribution in [2.45, 2.75) is 207 Å². The van der Waals surface area contributed by atoms with E-state index < -0.39 is 0 Å². The summed E-state index contributed by atoms with van der Waals surface area (Å²) in [6, 6.07) is 34.8. The highest BCUT2D eigenvalue weighted by Crippen LogP contribution is 2.56. The van der Waals surface area contributed by atoms with E-state index in [0.29, 0.717) is 48.6 Å². The lowest BCUT2D eigenvalue weighted by molar-refractivity contribution is 0.103. The first-order valence-corrected chi connectivity index (χ1v) is 44.9. The second-order valence-corrected chi connectivity index (χ2v) is 35.4. The minimum atomic E-state index is -0.316. The number of Topliss-reactive ketones (excluding diaryl/α,β-unsaturated/α-hetero) is 2. The molecular weight excluding hydrogens is 1560 g/mol. The van der Waals surface area contributed by atoms with E-state index in [1.165, 1.54) is 88.8 Å². The van der Waals surface area contributed by atoms with Gasteiger partial charge in [-0.1, -0.05) is 225 Å². The third-order valence-electron chi connectivity index (χ3n) is 21.8. The van der Waals surface area contributed by atoms with Crippen molar-refractivity contribution < 1.29 is 19.1 Å². The fourth-order valence-corrected chi connectivity index (χ4v) is 23.4. The number of ketones is 2. The number of rotatable bonds is 38. The Bertz CT molecular complexity index is 5450. The summed E-state index contributed by atoms with van der Waals surface area (Å²) in [4.78, 5) is 31.8. The molecule has 568 valence electrons. The van der Waals surface area contributed by atoms with Crippen LogP contribution in [0.25, 0.3) is 95.4 Å². The maximum atomic E-state index is 15.0. The Labute approximate surface area is 688 Å². The molecule has 0 amide bonds. The number of nitrogens with zero attached hydrogens (tertiary/aromatic N) is 8. The van der Waals surface area contributed by atoms with Crippen LogP contribution in [-0.4, -0.2) is 42.7 Å². The van der Waals surface area contributed by atoms with Crippen molar-refractivity contribution >= 4 is 210 Å². The molecule has 0 atom stereocenters. The predicted molar refractivity (Wildman–Crippen MR) is 466 cm³/mol. The van der Waals surface area contributed by atoms with Crippen molar-refractivity contribution in [2.75, 3.05) is 13.2 Å². The number of aryl methyl sites for hydroxylation is 4. The van der Waals surface area contributed by atoms with Gasteiger partial charge in [0.1, 0.15) is 58.0 Å². The number of fused-ring (bicyclic) bond motifs is 16. The molecule has 7 heterocycles. The summed E-state index contributed by atoms with van der Waals surface area (Å²) >= 11 is 34.9. The molecule has 0 aliphatic heterocycles. The molecule has 111 heavy (non-hydrogen) atoms. The van der Waals surface area contributed by atoms with Crippen molar-refractivity contribution in [1.82, 2.24) is 17.9 Å². The number of hydrogen-bond donors (Lipinski definition) is 0. The summed E-state index contributed by atoms with van der Waals surface area (Å²) in [6.45, 7) is 7.10. The quantitative estimate of drug-likeness (QED) is 0.0205. The van der Waals surface area contributed by atoms with Gasteiger partial charge in [-0.3, -0.25) is 9.59 Å². The number of ether oxygens (including phenoxy) is 2. The molecule has 5 aromatic carbocycles. The number of hydrogen-bond acceptors (Lipinski definition) is 15. The molecule has 0 saturated carbocycles. The molecule has 2 aliphatic carbocycles. The second-order valence-electron chi connectivity index (χ2n) is 29.1. The Kier molecular flexibility index (Phi) is 26.7. The fraction of sp³-hybridized carbons (Fsp3) is 0.378. The Morgan fingerprint density at radius 2 is 0.757 bits per heavy atom. The molecule has 0 saturated heterocycles. The molecule has 0 N–H and O–H groups in total. The first-order chi connectivity index (χ1) is 54.4. The lowest BCUT2D eigenvalue weighted by atomic mass is 9.98. The van der Waals surface area contributed by atoms with Crippen LogP contribution >= 0.6 is 103 Å². The van der Waals surface area contributed by atoms with Crippen LogP contribution in [0.4, 0.5) is 0 Å². The summed E-state index contributed by atoms with van der Waals surface area (Å²) in [5, 5.41) is 45.4. The van der Waals surface area contributed by atoms with Gasteiger partial charge < -0.3 is 18.6 Å². The molecule has 0 unspecified atom stereocenters. The maximum Gasteiger partial charge on any atom is 0.194 e. The molecule has 12 nitrogen and oxygen atoms in total. The maximum absolute atomic E-state index is 15.0. The molecule has 21 heteroatoms. The number of allylic oxidation sites excluding steroid dienone is 6. The Morgan fingerprint density at radius 1 is 0.414 bits per heavy atom. The van der Waals surface area contributed by atoms with E-state index in [9.17, 15) is 21.0 Å². The topological polar surface area (TPSA) is 183 Å². The Balaban J connectivity index is 0.976. The van der Waals surface area contributed by atoms with Crippen molar-refractivity contribution in [1.29, 1.82) is 21.0 Å². The van der Waals surface area contributed by atoms with Crippen LogP contribution in [-0.2, 0) is 25.9 Å². The van der Waals surface area contributed by atoms with Gasteiger partial charge >= 0.3 is 0 Å². The first kappa shape index (κ1) is 79.5. The minimum Gasteiger partial charge on any atom is -0.494 e. The highest BCUT2D eigenvalue weighted by Gasteiger charge is 2.38. The number of nitriles is 4. The van der Waals surface area contributed by atoms with Gasteiger partial charge in [-0.15, -0.1) is 45.3 Å². The van der Waals surface area contributed by atoms with Crippen molar-refractivity contribution in [3.05, 3.63) is 170 Å². The standard InChI is InChI=1S/C90H86Cl4N8O4S5/c1-3-5-7-9-11-13-15-17-29-39-59-71(49-65-73(55(51-95)52-96)61-45-67(91)69(93)47-63(61)83(65)103)107-89-81-87(109-85(59)89)75-77-78(100-111-99-77)76-80(79(75)101(81)41-31-19-21-33-43-105-57-35-25-23-26-36-57)102(42-32-20-22-34-44-106-58-37-27-24-28-38-58)82-88(76)110-86-60(40-30-18-16-14-12-10-8-6-4-2)72(108-90(82)86)50-66-74(56(53-97)54-98)62-46-68(92)70(94)48-64(62)84(66)104/h23-28,35-38,45-50H,3-22,29-34,39-44H2,1-2H3/b65-49-,66-50-. The third-order valence-corrected chi connectivity index (χ3v) is 28.9. The Hall–Kier alpha value is -8.14. The third kappa shape index (κ3) is 16.5. The van der Waals surface area contributed by atoms with Crippen molar-refractivity contribution in [3.63, 3.8) is 0 Å². The lowest BCUT2D eigenvalue weighted by Gasteiger charge is -2.13. The number of carbonyl (C=O) groups is 2. The molecule has 7 aromatic heterocycles. The van der Waals surface area contributed by atoms with E-state index in [0.717, 1.165) is 207 Å². The lowest BCUT2D eigenvalue weighted by Crippen LogP contribution is -2.03. The normalized spacial score (nSPS) is 13.6. The highest BCUT2D eigenvalue weighted by atomic mass is 35.5. The summed E-state index contributed by atoms with van der Waals surface area (Å²) in [5.41, 5.74) is 10.6. The van der Waals surface area contributed by atoms with E-state index in [-0.39, 0.29) is 65.1 Å². The van der Waals surface area contributed by atoms with Crippen LogP contribution in [0.3, 0.4) is 0 Å². The van der Waals surface area contributed by atoms with Gasteiger partial charge in [0, 0.05) is 67.0 Å². The fourth-order valence-electron chi connectivity index (χ4n) is 16.2. The number of unbranched alkanes of at least 4 members (excludes halogenated alkanes) is 22. The van der Waals surface area contributed by atoms with Gasteiger partial charge in [-0.05, 0) is 134 Å². The van der Waals surface area contributed by atoms with Crippen molar-refractivity contribution in [2.24, 2.45) is 0 Å². The Morgan fingerprint density at radius 3 is 1.13 bits per heavy atom. The van der Waals surface area contributed by atoms with Crippen LogP contribution in [0.1, 0.15) is 234 Å². The van der Waals surface area contributed by atoms with Gasteiger partial charge in [-0.25, -0.2) is 0 Å². The zero-order chi connectivity index (χ0) is 77.1. The monoisotopic (exact) mass is 1640 g/mol. The molecule has 0 bridgehead atoms. The number of para-hydroxylation sites is 2. The molecule has 0 radical (unpaired) electrons. The van der Waals surface area contributed by atoms with Gasteiger partial charge in [0.05, 0.1) is 95.3 Å². The molecule has 2 aliphatic rings. The number of halogens is 4. The summed E-state index contributed by atoms with van der Waals surface area (Å²) < 4.78 is 35.2. The zero-order valence-electron chi connectivity index (χ0n) is 62.6. The van der Waals surface area contributed by atoms with E-state index in [4.69, 9.17) is 64.6 Å². The highest BCUT2D eigenvalue weighted by molar-refractivity contribution is 7.35. The molecule has 12 aromatic rings. The molecule has 14 rings (SSSR count). The number of thiophene rings is 4. The van der Waals surface area contributed by atoms with Gasteiger partial charge in [0.2, 0.25) is 0 Å². The van der Waals surface area contributed by atoms with Gasteiger partial charge in [0.15, 0.2) is 11.6 Å². The van der Waals surface area contributed by atoms with E-state index >= 15 is 9.59 Å². The average molecular weight is 1650 g/mol. The van der Waals surface area contributed by atoms with Crippen LogP contribution in [0.5, 0.6) is 11.5 Å². The summed E-state index contributed by atoms with van der Waals surface area (Å²) in [6.07, 6.45) is 33.7. The number of benzene rings is 5. The van der Waals surface area contributed by atoms with Crippen LogP contribution in [0.15, 0.2) is 107 Å². The number of aromatic nitrogens is 4. The smallest absolute Gasteiger partial charge is 0.194 e. The van der Waals surface area contributed by atoms with Gasteiger partial charge in [0.25, 0.3) is 0 Å². The molecule has 0 fully saturated rings. The van der Waals surface area contributed by atoms with Gasteiger partial charge in [-0.2, -0.15) is 29.8 Å². The molecular formula is C90H86Cl4N8O4S5. The first-order valence-electron chi connectivity index (χ1n) is 39.4. The van der Waals surface area contributed by atoms with Crippen molar-refractivity contribution in [3.8, 4) is 35.8 Å². The number of carbonyl (C=O) groups excluding carboxylic acids is 2. The second kappa shape index (κ2) is 37.2. The average Bonchev–Trinajstić information content (AvgIpc) is 1.50. The summed E-state index contributed by atoms with van der Waals surface area (Å²) in [7, 11) is 0. The molecule has 0 spiro atoms. The predicted octanol–water partition coefficient (Wildman–Crippen LogP) is 28.7. The largest absolute Gasteiger partial charge is 0.494 e. The zero-order valence-corrected chi connectivity index (χ0v) is 69.7. The van der Waals surface area contributed by atoms with E-state index in [2.05, 4.69) is 47.3 Å².